The smallest absolute Gasteiger partial charge is 0.145 e. The minimum atomic E-state index is 0.0949. The van der Waals surface area contributed by atoms with Crippen molar-refractivity contribution in [1.82, 2.24) is 19.9 Å². The first-order valence-corrected chi connectivity index (χ1v) is 7.54. The van der Waals surface area contributed by atoms with E-state index in [1.165, 1.54) is 0 Å². The lowest BCUT2D eigenvalue weighted by Gasteiger charge is -2.20. The third kappa shape index (κ3) is 3.67. The quantitative estimate of drug-likeness (QED) is 0.697. The maximum atomic E-state index is 9.28. The van der Waals surface area contributed by atoms with Crippen molar-refractivity contribution in [2.75, 3.05) is 20.3 Å². The average Bonchev–Trinajstić information content (AvgIpc) is 3.07. The zero-order valence-electron chi connectivity index (χ0n) is 13.1. The number of aromatic amines is 1. The Kier molecular flexibility index (Phi) is 4.85. The summed E-state index contributed by atoms with van der Waals surface area (Å²) in [7, 11) is 1.65. The second-order valence-corrected chi connectivity index (χ2v) is 5.30. The largest absolute Gasteiger partial charge is 0.494 e. The number of H-pyrrole nitrogens is 1. The van der Waals surface area contributed by atoms with Gasteiger partial charge in [-0.3, -0.25) is 4.90 Å². The summed E-state index contributed by atoms with van der Waals surface area (Å²) in [4.78, 5) is 14.1. The van der Waals surface area contributed by atoms with E-state index in [-0.39, 0.29) is 6.61 Å². The standard InChI is InChI=1S/C17H20N4O2/c1-23-15-4-2-3-13-5-6-14(20-17(13)15)11-21(9-10-22)12-16-18-7-8-19-16/h2-8,22H,9-12H2,1H3,(H,18,19). The van der Waals surface area contributed by atoms with Gasteiger partial charge < -0.3 is 14.8 Å². The van der Waals surface area contributed by atoms with Crippen LogP contribution in [0, 0.1) is 0 Å². The van der Waals surface area contributed by atoms with Crippen LogP contribution < -0.4 is 4.74 Å². The molecule has 0 saturated heterocycles. The fraction of sp³-hybridized carbons (Fsp3) is 0.294. The first kappa shape index (κ1) is 15.5. The molecule has 1 aromatic carbocycles. The number of fused-ring (bicyclic) bond motifs is 1. The molecule has 2 N–H and O–H groups in total. The van der Waals surface area contributed by atoms with Crippen LogP contribution in [0.1, 0.15) is 11.5 Å². The fourth-order valence-corrected chi connectivity index (χ4v) is 2.59. The summed E-state index contributed by atoms with van der Waals surface area (Å²) in [6.45, 7) is 1.93. The normalized spacial score (nSPS) is 11.3. The second-order valence-electron chi connectivity index (χ2n) is 5.30. The Labute approximate surface area is 134 Å². The highest BCUT2D eigenvalue weighted by molar-refractivity contribution is 5.84. The molecule has 0 aliphatic heterocycles. The molecule has 0 radical (unpaired) electrons. The van der Waals surface area contributed by atoms with E-state index < -0.39 is 0 Å². The molecule has 0 atom stereocenters. The van der Waals surface area contributed by atoms with E-state index >= 15 is 0 Å². The Morgan fingerprint density at radius 3 is 2.87 bits per heavy atom. The molecule has 3 rings (SSSR count). The third-order valence-electron chi connectivity index (χ3n) is 3.69. The number of nitrogens with one attached hydrogen (secondary N) is 1. The summed E-state index contributed by atoms with van der Waals surface area (Å²) in [6.07, 6.45) is 3.52. The number of imidazole rings is 1. The Morgan fingerprint density at radius 2 is 2.13 bits per heavy atom. The minimum absolute atomic E-state index is 0.0949. The van der Waals surface area contributed by atoms with Crippen LogP contribution in [0.2, 0.25) is 0 Å². The molecule has 0 amide bonds. The van der Waals surface area contributed by atoms with Crippen LogP contribution >= 0.6 is 0 Å². The molecule has 2 aromatic heterocycles. The Morgan fingerprint density at radius 1 is 1.22 bits per heavy atom. The third-order valence-corrected chi connectivity index (χ3v) is 3.69. The van der Waals surface area contributed by atoms with Gasteiger partial charge in [0.1, 0.15) is 17.1 Å². The van der Waals surface area contributed by atoms with E-state index in [2.05, 4.69) is 14.9 Å². The van der Waals surface area contributed by atoms with Gasteiger partial charge in [0.25, 0.3) is 0 Å². The molecule has 6 heteroatoms. The molecule has 6 nitrogen and oxygen atoms in total. The molecule has 0 aliphatic carbocycles. The monoisotopic (exact) mass is 312 g/mol. The molecule has 0 saturated carbocycles. The highest BCUT2D eigenvalue weighted by Crippen LogP contribution is 2.23. The number of nitrogens with zero attached hydrogens (tertiary/aromatic N) is 3. The molecule has 0 spiro atoms. The lowest BCUT2D eigenvalue weighted by Crippen LogP contribution is -2.27. The van der Waals surface area contributed by atoms with Crippen LogP contribution in [0.5, 0.6) is 5.75 Å². The first-order chi connectivity index (χ1) is 11.3. The number of benzene rings is 1. The molecule has 120 valence electrons. The van der Waals surface area contributed by atoms with Crippen molar-refractivity contribution in [3.63, 3.8) is 0 Å². The zero-order valence-corrected chi connectivity index (χ0v) is 13.1. The van der Waals surface area contributed by atoms with Gasteiger partial charge in [-0.2, -0.15) is 0 Å². The van der Waals surface area contributed by atoms with E-state index in [4.69, 9.17) is 9.72 Å². The van der Waals surface area contributed by atoms with E-state index in [9.17, 15) is 5.11 Å². The van der Waals surface area contributed by atoms with Crippen molar-refractivity contribution in [1.29, 1.82) is 0 Å². The Hall–Kier alpha value is -2.44. The average molecular weight is 312 g/mol. The summed E-state index contributed by atoms with van der Waals surface area (Å²) in [5.74, 6) is 1.64. The number of pyridine rings is 1. The van der Waals surface area contributed by atoms with Gasteiger partial charge >= 0.3 is 0 Å². The van der Waals surface area contributed by atoms with Gasteiger partial charge in [0.05, 0.1) is 26.0 Å². The number of methoxy groups -OCH3 is 1. The molecule has 0 fully saturated rings. The van der Waals surface area contributed by atoms with Crippen molar-refractivity contribution in [2.45, 2.75) is 13.1 Å². The molecule has 2 heterocycles. The van der Waals surface area contributed by atoms with E-state index in [0.717, 1.165) is 28.2 Å². The van der Waals surface area contributed by atoms with Crippen LogP contribution in [0.15, 0.2) is 42.7 Å². The van der Waals surface area contributed by atoms with Crippen LogP contribution in [0.3, 0.4) is 0 Å². The summed E-state index contributed by atoms with van der Waals surface area (Å²) >= 11 is 0. The summed E-state index contributed by atoms with van der Waals surface area (Å²) < 4.78 is 5.39. The molecule has 0 bridgehead atoms. The molecule has 0 aliphatic rings. The molecule has 0 unspecified atom stereocenters. The highest BCUT2D eigenvalue weighted by Gasteiger charge is 2.10. The van der Waals surface area contributed by atoms with Gasteiger partial charge in [-0.25, -0.2) is 9.97 Å². The van der Waals surface area contributed by atoms with Crippen molar-refractivity contribution < 1.29 is 9.84 Å². The Bertz CT molecular complexity index is 758. The number of para-hydroxylation sites is 1. The number of aliphatic hydroxyl groups excluding tert-OH is 1. The minimum Gasteiger partial charge on any atom is -0.494 e. The number of hydrogen-bond acceptors (Lipinski definition) is 5. The van der Waals surface area contributed by atoms with Crippen LogP contribution in [-0.2, 0) is 13.1 Å². The first-order valence-electron chi connectivity index (χ1n) is 7.54. The number of hydrogen-bond donors (Lipinski definition) is 2. The SMILES string of the molecule is COc1cccc2ccc(CN(CCO)Cc3ncc[nH]3)nc12. The number of aliphatic hydroxyl groups is 1. The van der Waals surface area contributed by atoms with E-state index in [1.807, 2.05) is 30.3 Å². The van der Waals surface area contributed by atoms with Crippen LogP contribution in [0.4, 0.5) is 0 Å². The molecular formula is C17H20N4O2. The maximum Gasteiger partial charge on any atom is 0.145 e. The van der Waals surface area contributed by atoms with E-state index in [1.54, 1.807) is 19.5 Å². The van der Waals surface area contributed by atoms with Gasteiger partial charge in [-0.1, -0.05) is 18.2 Å². The predicted molar refractivity (Wildman–Crippen MR) is 88.1 cm³/mol. The van der Waals surface area contributed by atoms with Crippen molar-refractivity contribution >= 4 is 10.9 Å². The van der Waals surface area contributed by atoms with Crippen molar-refractivity contribution in [3.05, 3.63) is 54.2 Å². The predicted octanol–water partition coefficient (Wildman–Crippen LogP) is 1.96. The zero-order chi connectivity index (χ0) is 16.1. The molecular weight excluding hydrogens is 292 g/mol. The number of ether oxygens (including phenoxy) is 1. The number of aromatic nitrogens is 3. The van der Waals surface area contributed by atoms with Gasteiger partial charge in [0.2, 0.25) is 0 Å². The molecule has 3 aromatic rings. The summed E-state index contributed by atoms with van der Waals surface area (Å²) in [5.41, 5.74) is 1.79. The number of rotatable bonds is 7. The maximum absolute atomic E-state index is 9.28. The van der Waals surface area contributed by atoms with Crippen LogP contribution in [-0.4, -0.2) is 45.2 Å². The fourth-order valence-electron chi connectivity index (χ4n) is 2.59. The van der Waals surface area contributed by atoms with Crippen LogP contribution in [0.25, 0.3) is 10.9 Å². The lowest BCUT2D eigenvalue weighted by molar-refractivity contribution is 0.180. The molecule has 23 heavy (non-hydrogen) atoms. The van der Waals surface area contributed by atoms with Gasteiger partial charge in [-0.15, -0.1) is 0 Å². The topological polar surface area (TPSA) is 74.3 Å². The lowest BCUT2D eigenvalue weighted by atomic mass is 10.2. The van der Waals surface area contributed by atoms with Crippen molar-refractivity contribution in [2.24, 2.45) is 0 Å². The Balaban J connectivity index is 1.83. The highest BCUT2D eigenvalue weighted by atomic mass is 16.5. The van der Waals surface area contributed by atoms with Gasteiger partial charge in [0, 0.05) is 30.9 Å². The summed E-state index contributed by atoms with van der Waals surface area (Å²) in [6, 6.07) is 9.94. The van der Waals surface area contributed by atoms with Gasteiger partial charge in [0.15, 0.2) is 0 Å². The van der Waals surface area contributed by atoms with E-state index in [0.29, 0.717) is 19.6 Å². The van der Waals surface area contributed by atoms with Crippen molar-refractivity contribution in [3.8, 4) is 5.75 Å². The summed E-state index contributed by atoms with van der Waals surface area (Å²) in [5, 5.41) is 10.3. The second kappa shape index (κ2) is 7.21. The van der Waals surface area contributed by atoms with Gasteiger partial charge in [-0.05, 0) is 12.1 Å².